The van der Waals surface area contributed by atoms with Gasteiger partial charge in [-0.1, -0.05) is 0 Å². The highest BCUT2D eigenvalue weighted by Gasteiger charge is 2.31. The van der Waals surface area contributed by atoms with Gasteiger partial charge in [-0.15, -0.1) is 0 Å². The first kappa shape index (κ1) is 12.9. The van der Waals surface area contributed by atoms with Crippen LogP contribution < -0.4 is 10.5 Å². The van der Waals surface area contributed by atoms with Crippen molar-refractivity contribution in [2.45, 2.75) is 32.4 Å². The second kappa shape index (κ2) is 5.23. The zero-order valence-corrected chi connectivity index (χ0v) is 10.2. The van der Waals surface area contributed by atoms with E-state index in [4.69, 9.17) is 15.2 Å². The van der Waals surface area contributed by atoms with Crippen LogP contribution in [0.4, 0.5) is 0 Å². The zero-order valence-electron chi connectivity index (χ0n) is 10.2. The van der Waals surface area contributed by atoms with Gasteiger partial charge in [-0.2, -0.15) is 0 Å². The molecule has 0 aliphatic carbocycles. The molecule has 0 amide bonds. The Kier molecular flexibility index (Phi) is 4.20. The maximum atomic E-state index is 6.13. The number of nitrogens with zero attached hydrogens (tertiary/aromatic N) is 2. The Bertz CT molecular complexity index is 342. The predicted octanol–water partition coefficient (Wildman–Crippen LogP) is 1.30. The summed E-state index contributed by atoms with van der Waals surface area (Å²) in [6.07, 6.45) is 3.17. The van der Waals surface area contributed by atoms with Gasteiger partial charge >= 0.3 is 0 Å². The van der Waals surface area contributed by atoms with E-state index in [-0.39, 0.29) is 6.04 Å². The van der Waals surface area contributed by atoms with Crippen molar-refractivity contribution in [3.05, 3.63) is 18.1 Å². The Morgan fingerprint density at radius 2 is 2.00 bits per heavy atom. The number of hydrogen-bond donors (Lipinski definition) is 1. The Morgan fingerprint density at radius 1 is 1.38 bits per heavy atom. The molecular formula is C11H19N3O2. The van der Waals surface area contributed by atoms with Crippen molar-refractivity contribution in [1.29, 1.82) is 0 Å². The van der Waals surface area contributed by atoms with Gasteiger partial charge in [0.25, 0.3) is 0 Å². The molecule has 1 rings (SSSR count). The van der Waals surface area contributed by atoms with Crippen molar-refractivity contribution in [2.24, 2.45) is 5.73 Å². The van der Waals surface area contributed by atoms with Crippen LogP contribution >= 0.6 is 0 Å². The van der Waals surface area contributed by atoms with Crippen LogP contribution in [0.15, 0.2) is 12.4 Å². The molecule has 0 radical (unpaired) electrons. The third-order valence-electron chi connectivity index (χ3n) is 2.44. The molecule has 0 fully saturated rings. The van der Waals surface area contributed by atoms with Crippen LogP contribution in [0, 0.1) is 0 Å². The first-order chi connectivity index (χ1) is 7.53. The van der Waals surface area contributed by atoms with E-state index < -0.39 is 5.60 Å². The largest absolute Gasteiger partial charge is 0.480 e. The minimum Gasteiger partial charge on any atom is -0.480 e. The van der Waals surface area contributed by atoms with E-state index in [0.717, 1.165) is 0 Å². The second-order valence-corrected chi connectivity index (χ2v) is 3.96. The highest BCUT2D eigenvalue weighted by atomic mass is 16.5. The van der Waals surface area contributed by atoms with E-state index >= 15 is 0 Å². The second-order valence-electron chi connectivity index (χ2n) is 3.96. The lowest BCUT2D eigenvalue weighted by atomic mass is 9.96. The topological polar surface area (TPSA) is 70.3 Å². The number of hydrogen-bond acceptors (Lipinski definition) is 5. The first-order valence-electron chi connectivity index (χ1n) is 5.27. The van der Waals surface area contributed by atoms with Crippen LogP contribution in [0.1, 0.15) is 32.5 Å². The molecule has 1 atom stereocenters. The van der Waals surface area contributed by atoms with Crippen LogP contribution in [0.25, 0.3) is 0 Å². The average molecular weight is 225 g/mol. The lowest BCUT2D eigenvalue weighted by Crippen LogP contribution is -2.39. The number of ether oxygens (including phenoxy) is 2. The molecule has 0 aliphatic rings. The molecule has 0 saturated heterocycles. The smallest absolute Gasteiger partial charge is 0.237 e. The third kappa shape index (κ3) is 2.68. The summed E-state index contributed by atoms with van der Waals surface area (Å²) in [7, 11) is 1.55. The van der Waals surface area contributed by atoms with E-state index in [1.165, 1.54) is 0 Å². The highest BCUT2D eigenvalue weighted by molar-refractivity contribution is 5.23. The van der Waals surface area contributed by atoms with Crippen molar-refractivity contribution in [2.75, 3.05) is 13.7 Å². The SMILES string of the molecule is CCOC(C)(C)C(N)c1nccnc1OC. The molecule has 90 valence electrons. The Balaban J connectivity index is 2.99. The van der Waals surface area contributed by atoms with Gasteiger partial charge in [-0.25, -0.2) is 4.98 Å². The number of rotatable bonds is 5. The molecule has 0 aliphatic heterocycles. The molecule has 1 aromatic rings. The Labute approximate surface area is 96.0 Å². The lowest BCUT2D eigenvalue weighted by Gasteiger charge is -2.31. The summed E-state index contributed by atoms with van der Waals surface area (Å²) in [6.45, 7) is 6.39. The van der Waals surface area contributed by atoms with Crippen LogP contribution in [0.5, 0.6) is 5.88 Å². The maximum Gasteiger partial charge on any atom is 0.237 e. The molecule has 1 unspecified atom stereocenters. The van der Waals surface area contributed by atoms with E-state index in [1.54, 1.807) is 19.5 Å². The number of methoxy groups -OCH3 is 1. The molecule has 5 heteroatoms. The molecule has 2 N–H and O–H groups in total. The van der Waals surface area contributed by atoms with Crippen molar-refractivity contribution in [3.63, 3.8) is 0 Å². The van der Waals surface area contributed by atoms with Crippen LogP contribution in [0.2, 0.25) is 0 Å². The van der Waals surface area contributed by atoms with Gasteiger partial charge in [-0.05, 0) is 20.8 Å². The van der Waals surface area contributed by atoms with Gasteiger partial charge in [0.1, 0.15) is 5.69 Å². The van der Waals surface area contributed by atoms with Gasteiger partial charge in [0, 0.05) is 19.0 Å². The standard InChI is InChI=1S/C11H19N3O2/c1-5-16-11(2,3)9(12)8-10(15-4)14-7-6-13-8/h6-7,9H,5,12H2,1-4H3. The summed E-state index contributed by atoms with van der Waals surface area (Å²) in [4.78, 5) is 8.28. The molecule has 0 bridgehead atoms. The van der Waals surface area contributed by atoms with Crippen molar-refractivity contribution in [3.8, 4) is 5.88 Å². The summed E-state index contributed by atoms with van der Waals surface area (Å²) >= 11 is 0. The van der Waals surface area contributed by atoms with Gasteiger partial charge in [-0.3, -0.25) is 4.98 Å². The molecule has 1 aromatic heterocycles. The lowest BCUT2D eigenvalue weighted by molar-refractivity contribution is -0.0312. The van der Waals surface area contributed by atoms with Crippen LogP contribution in [-0.4, -0.2) is 29.3 Å². The quantitative estimate of drug-likeness (QED) is 0.818. The number of aromatic nitrogens is 2. The molecule has 16 heavy (non-hydrogen) atoms. The molecular weight excluding hydrogens is 206 g/mol. The Hall–Kier alpha value is -1.20. The monoisotopic (exact) mass is 225 g/mol. The van der Waals surface area contributed by atoms with Gasteiger partial charge in [0.05, 0.1) is 18.8 Å². The minimum atomic E-state index is -0.502. The molecule has 0 aromatic carbocycles. The highest BCUT2D eigenvalue weighted by Crippen LogP contribution is 2.29. The van der Waals surface area contributed by atoms with Gasteiger partial charge < -0.3 is 15.2 Å². The summed E-state index contributed by atoms with van der Waals surface area (Å²) in [5.74, 6) is 0.447. The van der Waals surface area contributed by atoms with Crippen molar-refractivity contribution >= 4 is 0 Å². The van der Waals surface area contributed by atoms with Crippen LogP contribution in [0.3, 0.4) is 0 Å². The van der Waals surface area contributed by atoms with E-state index in [2.05, 4.69) is 9.97 Å². The van der Waals surface area contributed by atoms with Crippen molar-refractivity contribution < 1.29 is 9.47 Å². The summed E-state index contributed by atoms with van der Waals surface area (Å²) in [5.41, 5.74) is 6.24. The molecule has 1 heterocycles. The summed E-state index contributed by atoms with van der Waals surface area (Å²) in [6, 6.07) is -0.379. The minimum absolute atomic E-state index is 0.379. The van der Waals surface area contributed by atoms with E-state index in [0.29, 0.717) is 18.2 Å². The zero-order chi connectivity index (χ0) is 12.2. The summed E-state index contributed by atoms with van der Waals surface area (Å²) in [5, 5.41) is 0. The maximum absolute atomic E-state index is 6.13. The fourth-order valence-electron chi connectivity index (χ4n) is 1.50. The van der Waals surface area contributed by atoms with Gasteiger partial charge in [0.2, 0.25) is 5.88 Å². The first-order valence-corrected chi connectivity index (χ1v) is 5.27. The number of nitrogens with two attached hydrogens (primary N) is 1. The fraction of sp³-hybridized carbons (Fsp3) is 0.636. The van der Waals surface area contributed by atoms with Gasteiger partial charge in [0.15, 0.2) is 0 Å². The summed E-state index contributed by atoms with van der Waals surface area (Å²) < 4.78 is 10.7. The van der Waals surface area contributed by atoms with E-state index in [1.807, 2.05) is 20.8 Å². The fourth-order valence-corrected chi connectivity index (χ4v) is 1.50. The van der Waals surface area contributed by atoms with Crippen LogP contribution in [-0.2, 0) is 4.74 Å². The third-order valence-corrected chi connectivity index (χ3v) is 2.44. The molecule has 5 nitrogen and oxygen atoms in total. The normalized spacial score (nSPS) is 13.6. The molecule has 0 spiro atoms. The Morgan fingerprint density at radius 3 is 2.56 bits per heavy atom. The molecule has 0 saturated carbocycles. The average Bonchev–Trinajstić information content (AvgIpc) is 2.28. The van der Waals surface area contributed by atoms with E-state index in [9.17, 15) is 0 Å². The predicted molar refractivity (Wildman–Crippen MR) is 61.2 cm³/mol. The van der Waals surface area contributed by atoms with Crippen molar-refractivity contribution in [1.82, 2.24) is 9.97 Å².